The van der Waals surface area contributed by atoms with Crippen molar-refractivity contribution in [3.8, 4) is 0 Å². The van der Waals surface area contributed by atoms with Gasteiger partial charge in [0.1, 0.15) is 4.60 Å². The Balaban J connectivity index is 2.12. The van der Waals surface area contributed by atoms with Gasteiger partial charge in [-0.3, -0.25) is 0 Å². The Morgan fingerprint density at radius 3 is 2.70 bits per heavy atom. The first-order valence-electron chi connectivity index (χ1n) is 6.14. The molecule has 0 amide bonds. The molecule has 0 N–H and O–H groups in total. The van der Waals surface area contributed by atoms with Crippen LogP contribution in [0.2, 0.25) is 10.0 Å². The molecule has 1 aliphatic heterocycles. The topological polar surface area (TPSA) is 29.0 Å². The monoisotopic (exact) mass is 371 g/mol. The largest absolute Gasteiger partial charge is 0.324 e. The molecule has 0 saturated heterocycles. The van der Waals surface area contributed by atoms with E-state index in [0.717, 1.165) is 28.3 Å². The predicted molar refractivity (Wildman–Crippen MR) is 86.2 cm³/mol. The minimum atomic E-state index is -0.0712. The average molecular weight is 373 g/mol. The van der Waals surface area contributed by atoms with Gasteiger partial charge in [0.15, 0.2) is 5.82 Å². The van der Waals surface area contributed by atoms with E-state index in [4.69, 9.17) is 23.2 Å². The zero-order valence-corrected chi connectivity index (χ0v) is 14.1. The summed E-state index contributed by atoms with van der Waals surface area (Å²) in [6, 6.07) is 5.61. The fourth-order valence-corrected chi connectivity index (χ4v) is 3.00. The molecule has 0 fully saturated rings. The molecular formula is C14H12BrCl2N3. The quantitative estimate of drug-likeness (QED) is 0.707. The van der Waals surface area contributed by atoms with E-state index < -0.39 is 0 Å². The van der Waals surface area contributed by atoms with Gasteiger partial charge in [-0.25, -0.2) is 9.97 Å². The fraction of sp³-hybridized carbons (Fsp3) is 0.286. The third-order valence-corrected chi connectivity index (χ3v) is 4.51. The van der Waals surface area contributed by atoms with Crippen LogP contribution in [-0.4, -0.2) is 16.5 Å². The summed E-state index contributed by atoms with van der Waals surface area (Å²) in [6.07, 6.45) is 1.71. The van der Waals surface area contributed by atoms with Gasteiger partial charge in [0, 0.05) is 17.6 Å². The molecule has 1 aromatic heterocycles. The first kappa shape index (κ1) is 14.1. The van der Waals surface area contributed by atoms with E-state index in [1.807, 2.05) is 12.1 Å². The Hall–Kier alpha value is -0.840. The number of benzene rings is 1. The predicted octanol–water partition coefficient (Wildman–Crippen LogP) is 4.98. The molecule has 0 aliphatic carbocycles. The van der Waals surface area contributed by atoms with E-state index in [0.29, 0.717) is 10.0 Å². The average Bonchev–Trinajstić information content (AvgIpc) is 2.65. The number of anilines is 2. The molecule has 0 bridgehead atoms. The number of rotatable bonds is 1. The highest BCUT2D eigenvalue weighted by atomic mass is 79.9. The highest BCUT2D eigenvalue weighted by molar-refractivity contribution is 9.10. The summed E-state index contributed by atoms with van der Waals surface area (Å²) in [5.74, 6) is 0.872. The lowest BCUT2D eigenvalue weighted by atomic mass is 9.92. The van der Waals surface area contributed by atoms with Crippen molar-refractivity contribution in [3.63, 3.8) is 0 Å². The van der Waals surface area contributed by atoms with Crippen molar-refractivity contribution < 1.29 is 0 Å². The van der Waals surface area contributed by atoms with Crippen LogP contribution in [0.5, 0.6) is 0 Å². The molecule has 104 valence electrons. The maximum atomic E-state index is 6.11. The van der Waals surface area contributed by atoms with Gasteiger partial charge in [0.2, 0.25) is 0 Å². The number of hydrogen-bond acceptors (Lipinski definition) is 3. The normalized spacial score (nSPS) is 16.4. The molecule has 0 radical (unpaired) electrons. The molecule has 2 heterocycles. The van der Waals surface area contributed by atoms with Crippen LogP contribution in [0, 0.1) is 0 Å². The molecule has 6 heteroatoms. The number of halogens is 3. The van der Waals surface area contributed by atoms with Crippen molar-refractivity contribution in [2.45, 2.75) is 19.3 Å². The van der Waals surface area contributed by atoms with Gasteiger partial charge in [-0.1, -0.05) is 37.0 Å². The van der Waals surface area contributed by atoms with E-state index >= 15 is 0 Å². The van der Waals surface area contributed by atoms with Crippen molar-refractivity contribution in [2.75, 3.05) is 11.4 Å². The number of fused-ring (bicyclic) bond motifs is 1. The van der Waals surface area contributed by atoms with Crippen molar-refractivity contribution in [1.82, 2.24) is 9.97 Å². The summed E-state index contributed by atoms with van der Waals surface area (Å²) in [5.41, 5.74) is 1.89. The summed E-state index contributed by atoms with van der Waals surface area (Å²) < 4.78 is 0.750. The second-order valence-corrected chi connectivity index (χ2v) is 7.06. The van der Waals surface area contributed by atoms with Crippen molar-refractivity contribution in [1.29, 1.82) is 0 Å². The highest BCUT2D eigenvalue weighted by Gasteiger charge is 2.38. The summed E-state index contributed by atoms with van der Waals surface area (Å²) in [6.45, 7) is 5.12. The van der Waals surface area contributed by atoms with Gasteiger partial charge in [-0.05, 0) is 34.1 Å². The van der Waals surface area contributed by atoms with Gasteiger partial charge in [-0.15, -0.1) is 0 Å². The third kappa shape index (κ3) is 2.30. The second kappa shape index (κ2) is 4.86. The smallest absolute Gasteiger partial charge is 0.155 e. The second-order valence-electron chi connectivity index (χ2n) is 5.43. The number of aromatic nitrogens is 2. The third-order valence-electron chi connectivity index (χ3n) is 3.39. The van der Waals surface area contributed by atoms with Crippen LogP contribution in [-0.2, 0) is 5.41 Å². The van der Waals surface area contributed by atoms with Crippen LogP contribution in [0.15, 0.2) is 29.0 Å². The summed E-state index contributed by atoms with van der Waals surface area (Å²) in [4.78, 5) is 11.2. The number of nitrogens with zero attached hydrogens (tertiary/aromatic N) is 3. The van der Waals surface area contributed by atoms with Crippen LogP contribution in [0.4, 0.5) is 11.5 Å². The van der Waals surface area contributed by atoms with Crippen LogP contribution in [0.1, 0.15) is 19.5 Å². The molecule has 1 aromatic carbocycles. The molecule has 1 aliphatic rings. The molecule has 3 rings (SSSR count). The molecule has 3 nitrogen and oxygen atoms in total. The van der Waals surface area contributed by atoms with Crippen molar-refractivity contribution >= 4 is 50.6 Å². The van der Waals surface area contributed by atoms with Crippen LogP contribution < -0.4 is 4.90 Å². The number of hydrogen-bond donors (Lipinski definition) is 0. The van der Waals surface area contributed by atoms with Crippen LogP contribution in [0.25, 0.3) is 0 Å². The molecule has 0 unspecified atom stereocenters. The highest BCUT2D eigenvalue weighted by Crippen LogP contribution is 2.43. The maximum Gasteiger partial charge on any atom is 0.155 e. The standard InChI is InChI=1S/C14H12BrCl2N3/c1-14(2)7-20(8-3-4-9(16)10(17)5-8)13-12(14)19-11(15)6-18-13/h3-6H,7H2,1-2H3. The first-order valence-corrected chi connectivity index (χ1v) is 7.69. The minimum Gasteiger partial charge on any atom is -0.324 e. The molecule has 0 spiro atoms. The minimum absolute atomic E-state index is 0.0712. The lowest BCUT2D eigenvalue weighted by Crippen LogP contribution is -2.25. The van der Waals surface area contributed by atoms with Crippen molar-refractivity contribution in [3.05, 3.63) is 44.7 Å². The first-order chi connectivity index (χ1) is 9.38. The Bertz CT molecular complexity index is 688. The summed E-state index contributed by atoms with van der Waals surface area (Å²) >= 11 is 15.5. The maximum absolute atomic E-state index is 6.11. The van der Waals surface area contributed by atoms with Gasteiger partial charge >= 0.3 is 0 Å². The Kier molecular flexibility index (Phi) is 3.43. The van der Waals surface area contributed by atoms with E-state index in [-0.39, 0.29) is 5.41 Å². The summed E-state index contributed by atoms with van der Waals surface area (Å²) in [7, 11) is 0. The SMILES string of the molecule is CC1(C)CN(c2ccc(Cl)c(Cl)c2)c2ncc(Br)nc21. The molecule has 0 atom stereocenters. The van der Waals surface area contributed by atoms with E-state index in [1.165, 1.54) is 0 Å². The molecule has 2 aromatic rings. The van der Waals surface area contributed by atoms with Gasteiger partial charge in [-0.2, -0.15) is 0 Å². The zero-order valence-electron chi connectivity index (χ0n) is 11.0. The van der Waals surface area contributed by atoms with Crippen LogP contribution in [0.3, 0.4) is 0 Å². The van der Waals surface area contributed by atoms with Crippen LogP contribution >= 0.6 is 39.1 Å². The van der Waals surface area contributed by atoms with E-state index in [9.17, 15) is 0 Å². The lowest BCUT2D eigenvalue weighted by Gasteiger charge is -2.21. The van der Waals surface area contributed by atoms with Gasteiger partial charge < -0.3 is 4.90 Å². The zero-order chi connectivity index (χ0) is 14.5. The van der Waals surface area contributed by atoms with Gasteiger partial charge in [0.25, 0.3) is 0 Å². The Labute approximate surface area is 136 Å². The Morgan fingerprint density at radius 2 is 2.00 bits per heavy atom. The summed E-state index contributed by atoms with van der Waals surface area (Å²) in [5, 5.41) is 1.09. The van der Waals surface area contributed by atoms with E-state index in [2.05, 4.69) is 44.6 Å². The Morgan fingerprint density at radius 1 is 1.25 bits per heavy atom. The fourth-order valence-electron chi connectivity index (χ4n) is 2.42. The molecular weight excluding hydrogens is 361 g/mol. The van der Waals surface area contributed by atoms with Gasteiger partial charge in [0.05, 0.1) is 21.9 Å². The van der Waals surface area contributed by atoms with Crippen molar-refractivity contribution in [2.24, 2.45) is 0 Å². The van der Waals surface area contributed by atoms with E-state index in [1.54, 1.807) is 12.3 Å². The molecule has 20 heavy (non-hydrogen) atoms. The lowest BCUT2D eigenvalue weighted by molar-refractivity contribution is 0.553. The molecule has 0 saturated carbocycles.